The van der Waals surface area contributed by atoms with E-state index in [1.165, 1.54) is 0 Å². The zero-order valence-electron chi connectivity index (χ0n) is 22.1. The molecule has 1 N–H and O–H groups in total. The van der Waals surface area contributed by atoms with Crippen molar-refractivity contribution in [2.24, 2.45) is 0 Å². The van der Waals surface area contributed by atoms with Crippen LogP contribution in [0.15, 0.2) is 78.9 Å². The molecule has 8 nitrogen and oxygen atoms in total. The molecule has 0 radical (unpaired) electrons. The molecule has 2 heterocycles. The number of nitrogens with zero attached hydrogens (tertiary/aromatic N) is 4. The van der Waals surface area contributed by atoms with E-state index >= 15 is 0 Å². The van der Waals surface area contributed by atoms with Gasteiger partial charge in [-0.25, -0.2) is 0 Å². The van der Waals surface area contributed by atoms with Gasteiger partial charge < -0.3 is 19.9 Å². The zero-order valence-corrected chi connectivity index (χ0v) is 22.1. The highest BCUT2D eigenvalue weighted by Gasteiger charge is 2.40. The second-order valence-corrected chi connectivity index (χ2v) is 10.0. The van der Waals surface area contributed by atoms with Gasteiger partial charge in [0.25, 0.3) is 5.91 Å². The second kappa shape index (κ2) is 12.0. The zero-order chi connectivity index (χ0) is 27.2. The van der Waals surface area contributed by atoms with Gasteiger partial charge in [0.05, 0.1) is 24.4 Å². The summed E-state index contributed by atoms with van der Waals surface area (Å²) in [6, 6.07) is 26.6. The van der Waals surface area contributed by atoms with E-state index in [0.29, 0.717) is 62.6 Å². The Labute approximate surface area is 229 Å². The molecular formula is C31H33N5O3. The monoisotopic (exact) mass is 523 g/mol. The summed E-state index contributed by atoms with van der Waals surface area (Å²) in [4.78, 5) is 33.2. The molecule has 2 fully saturated rings. The van der Waals surface area contributed by atoms with E-state index in [2.05, 4.69) is 33.3 Å². The predicted octanol–water partition coefficient (Wildman–Crippen LogP) is 3.29. The molecule has 39 heavy (non-hydrogen) atoms. The Morgan fingerprint density at radius 2 is 1.72 bits per heavy atom. The third kappa shape index (κ3) is 6.05. The Bertz CT molecular complexity index is 1350. The van der Waals surface area contributed by atoms with E-state index in [0.717, 1.165) is 11.3 Å². The molecule has 0 aliphatic carbocycles. The van der Waals surface area contributed by atoms with Crippen LogP contribution in [0.3, 0.4) is 0 Å². The lowest BCUT2D eigenvalue weighted by Gasteiger charge is -2.38. The number of piperazine rings is 1. The van der Waals surface area contributed by atoms with Crippen LogP contribution in [0, 0.1) is 11.3 Å². The van der Waals surface area contributed by atoms with Crippen LogP contribution in [-0.2, 0) is 11.3 Å². The van der Waals surface area contributed by atoms with Gasteiger partial charge in [0.15, 0.2) is 0 Å². The van der Waals surface area contributed by atoms with Gasteiger partial charge in [0, 0.05) is 50.9 Å². The van der Waals surface area contributed by atoms with Crippen LogP contribution >= 0.6 is 0 Å². The van der Waals surface area contributed by atoms with Crippen molar-refractivity contribution in [3.05, 3.63) is 95.6 Å². The summed E-state index contributed by atoms with van der Waals surface area (Å²) in [5, 5.41) is 12.6. The van der Waals surface area contributed by atoms with Gasteiger partial charge in [-0.2, -0.15) is 5.26 Å². The van der Waals surface area contributed by atoms with Crippen molar-refractivity contribution in [3.8, 4) is 11.8 Å². The molecule has 2 aliphatic heterocycles. The van der Waals surface area contributed by atoms with Crippen LogP contribution in [0.25, 0.3) is 0 Å². The molecule has 5 rings (SSSR count). The summed E-state index contributed by atoms with van der Waals surface area (Å²) in [7, 11) is 1.58. The van der Waals surface area contributed by atoms with Gasteiger partial charge in [-0.05, 0) is 42.3 Å². The molecule has 2 saturated heterocycles. The molecule has 3 aromatic rings. The molecule has 0 aromatic heterocycles. The summed E-state index contributed by atoms with van der Waals surface area (Å²) in [6.45, 7) is 3.76. The first-order chi connectivity index (χ1) is 19.1. The average molecular weight is 524 g/mol. The highest BCUT2D eigenvalue weighted by molar-refractivity contribution is 5.95. The maximum absolute atomic E-state index is 13.8. The lowest BCUT2D eigenvalue weighted by Crippen LogP contribution is -2.53. The number of rotatable bonds is 7. The van der Waals surface area contributed by atoms with E-state index in [-0.39, 0.29) is 23.9 Å². The molecular weight excluding hydrogens is 490 g/mol. The third-order valence-electron chi connectivity index (χ3n) is 7.54. The topological polar surface area (TPSA) is 88.9 Å². The Balaban J connectivity index is 1.27. The maximum Gasteiger partial charge on any atom is 0.251 e. The summed E-state index contributed by atoms with van der Waals surface area (Å²) in [5.41, 5.74) is 3.23. The number of para-hydroxylation sites is 1. The van der Waals surface area contributed by atoms with Crippen molar-refractivity contribution in [1.82, 2.24) is 15.1 Å². The lowest BCUT2D eigenvalue weighted by molar-refractivity contribution is -0.136. The van der Waals surface area contributed by atoms with Gasteiger partial charge in [-0.15, -0.1) is 0 Å². The van der Waals surface area contributed by atoms with Crippen molar-refractivity contribution in [2.45, 2.75) is 25.0 Å². The van der Waals surface area contributed by atoms with Gasteiger partial charge in [-0.1, -0.05) is 48.5 Å². The molecule has 2 amide bonds. The first kappa shape index (κ1) is 26.3. The number of benzene rings is 3. The van der Waals surface area contributed by atoms with E-state index in [9.17, 15) is 14.9 Å². The molecule has 2 unspecified atom stereocenters. The number of hydrogen-bond acceptors (Lipinski definition) is 6. The fourth-order valence-corrected chi connectivity index (χ4v) is 5.51. The number of methoxy groups -OCH3 is 1. The Hall–Kier alpha value is -4.35. The normalized spacial score (nSPS) is 19.4. The van der Waals surface area contributed by atoms with Gasteiger partial charge in [-0.3, -0.25) is 14.5 Å². The minimum atomic E-state index is -0.321. The predicted molar refractivity (Wildman–Crippen MR) is 149 cm³/mol. The molecule has 200 valence electrons. The van der Waals surface area contributed by atoms with Gasteiger partial charge >= 0.3 is 0 Å². The molecule has 8 heteroatoms. The molecule has 2 aliphatic rings. The number of carbonyl (C=O) groups excluding carboxylic acids is 2. The fraction of sp³-hybridized carbons (Fsp3) is 0.323. The minimum absolute atomic E-state index is 0.0947. The number of carbonyl (C=O) groups is 2. The smallest absolute Gasteiger partial charge is 0.251 e. The molecule has 0 spiro atoms. The first-order valence-electron chi connectivity index (χ1n) is 13.3. The number of likely N-dealkylation sites (tertiary alicyclic amines) is 1. The standard InChI is InChI=1S/C31H33N5O3/c1-39-27-12-7-11-24(18-27)30(37)33-26-19-29(36(22-26)21-23-8-3-2-4-9-23)31(38)35-16-14-34(15-17-35)28-13-6-5-10-25(28)20-32/h2-13,18,26,29H,14-17,19,21-22H2,1H3,(H,33,37). The van der Waals surface area contributed by atoms with E-state index in [4.69, 9.17) is 4.74 Å². The van der Waals surface area contributed by atoms with E-state index < -0.39 is 0 Å². The van der Waals surface area contributed by atoms with Crippen molar-refractivity contribution >= 4 is 17.5 Å². The van der Waals surface area contributed by atoms with Crippen molar-refractivity contribution in [2.75, 3.05) is 44.7 Å². The van der Waals surface area contributed by atoms with Crippen LogP contribution < -0.4 is 15.0 Å². The highest BCUT2D eigenvalue weighted by Crippen LogP contribution is 2.26. The second-order valence-electron chi connectivity index (χ2n) is 10.0. The quantitative estimate of drug-likeness (QED) is 0.511. The first-order valence-corrected chi connectivity index (χ1v) is 13.3. The number of nitrogens with one attached hydrogen (secondary N) is 1. The minimum Gasteiger partial charge on any atom is -0.497 e. The SMILES string of the molecule is COc1cccc(C(=O)NC2CC(C(=O)N3CCN(c4ccccc4C#N)CC3)N(Cc3ccccc3)C2)c1. The number of hydrogen-bond donors (Lipinski definition) is 1. The lowest BCUT2D eigenvalue weighted by atomic mass is 10.1. The Kier molecular flexibility index (Phi) is 8.09. The van der Waals surface area contributed by atoms with Crippen molar-refractivity contribution < 1.29 is 14.3 Å². The largest absolute Gasteiger partial charge is 0.497 e. The van der Waals surface area contributed by atoms with Gasteiger partial charge in [0.2, 0.25) is 5.91 Å². The number of anilines is 1. The fourth-order valence-electron chi connectivity index (χ4n) is 5.51. The highest BCUT2D eigenvalue weighted by atomic mass is 16.5. The number of nitriles is 1. The third-order valence-corrected chi connectivity index (χ3v) is 7.54. The van der Waals surface area contributed by atoms with Crippen LogP contribution in [0.1, 0.15) is 27.9 Å². The van der Waals surface area contributed by atoms with Crippen molar-refractivity contribution in [1.29, 1.82) is 5.26 Å². The van der Waals surface area contributed by atoms with Crippen LogP contribution in [0.4, 0.5) is 5.69 Å². The average Bonchev–Trinajstić information content (AvgIpc) is 3.38. The number of ether oxygens (including phenoxy) is 1. The van der Waals surface area contributed by atoms with Crippen LogP contribution in [0.2, 0.25) is 0 Å². The van der Waals surface area contributed by atoms with E-state index in [1.807, 2.05) is 47.4 Å². The molecule has 2 atom stereocenters. The summed E-state index contributed by atoms with van der Waals surface area (Å²) < 4.78 is 5.27. The van der Waals surface area contributed by atoms with Crippen LogP contribution in [-0.4, -0.2) is 73.5 Å². The van der Waals surface area contributed by atoms with Crippen LogP contribution in [0.5, 0.6) is 5.75 Å². The maximum atomic E-state index is 13.8. The number of amides is 2. The summed E-state index contributed by atoms with van der Waals surface area (Å²) in [6.07, 6.45) is 0.554. The van der Waals surface area contributed by atoms with Gasteiger partial charge in [0.1, 0.15) is 11.8 Å². The molecule has 0 saturated carbocycles. The summed E-state index contributed by atoms with van der Waals surface area (Å²) >= 11 is 0. The van der Waals surface area contributed by atoms with Crippen molar-refractivity contribution in [3.63, 3.8) is 0 Å². The molecule has 0 bridgehead atoms. The Morgan fingerprint density at radius 1 is 0.974 bits per heavy atom. The summed E-state index contributed by atoms with van der Waals surface area (Å²) in [5.74, 6) is 0.554. The Morgan fingerprint density at radius 3 is 2.46 bits per heavy atom. The van der Waals surface area contributed by atoms with E-state index in [1.54, 1.807) is 31.4 Å². The molecule has 3 aromatic carbocycles.